The van der Waals surface area contributed by atoms with Crippen molar-refractivity contribution in [3.63, 3.8) is 0 Å². The molecule has 0 saturated carbocycles. The lowest BCUT2D eigenvalue weighted by Gasteiger charge is -2.40. The van der Waals surface area contributed by atoms with Gasteiger partial charge in [-0.15, -0.1) is 0 Å². The fourth-order valence-corrected chi connectivity index (χ4v) is 2.65. The van der Waals surface area contributed by atoms with E-state index in [9.17, 15) is 0 Å². The van der Waals surface area contributed by atoms with Gasteiger partial charge >= 0.3 is 0 Å². The monoisotopic (exact) mass is 286 g/mol. The highest BCUT2D eigenvalue weighted by Crippen LogP contribution is 2.32. The molecule has 3 rings (SSSR count). The van der Waals surface area contributed by atoms with Gasteiger partial charge in [0.25, 0.3) is 0 Å². The molecule has 1 aliphatic heterocycles. The molecule has 5 heteroatoms. The van der Waals surface area contributed by atoms with E-state index in [2.05, 4.69) is 26.4 Å². The smallest absolute Gasteiger partial charge is 0.150 e. The SMILES string of the molecule is C=Cc1ccc(N2CC(c3nccnc3Cl)C2)nc1C. The minimum absolute atomic E-state index is 0.331. The normalized spacial score (nSPS) is 15.0. The Morgan fingerprint density at radius 3 is 2.70 bits per heavy atom. The van der Waals surface area contributed by atoms with Gasteiger partial charge in [0.2, 0.25) is 0 Å². The molecule has 0 aromatic carbocycles. The van der Waals surface area contributed by atoms with Gasteiger partial charge in [0.15, 0.2) is 5.15 Å². The number of pyridine rings is 1. The van der Waals surface area contributed by atoms with Gasteiger partial charge in [-0.2, -0.15) is 0 Å². The van der Waals surface area contributed by atoms with Crippen molar-refractivity contribution in [2.45, 2.75) is 12.8 Å². The van der Waals surface area contributed by atoms with E-state index in [1.165, 1.54) is 0 Å². The molecule has 0 atom stereocenters. The van der Waals surface area contributed by atoms with E-state index in [4.69, 9.17) is 11.6 Å². The van der Waals surface area contributed by atoms with Crippen molar-refractivity contribution in [2.24, 2.45) is 0 Å². The summed E-state index contributed by atoms with van der Waals surface area (Å²) in [6, 6.07) is 4.08. The molecule has 1 fully saturated rings. The van der Waals surface area contributed by atoms with E-state index in [1.54, 1.807) is 12.4 Å². The molecular weight excluding hydrogens is 272 g/mol. The zero-order chi connectivity index (χ0) is 14.1. The van der Waals surface area contributed by atoms with E-state index < -0.39 is 0 Å². The standard InChI is InChI=1S/C15H15ClN4/c1-3-11-4-5-13(19-10(11)2)20-8-12(9-20)14-15(16)18-7-6-17-14/h3-7,12H,1,8-9H2,2H3. The second kappa shape index (κ2) is 5.21. The Morgan fingerprint density at radius 2 is 2.05 bits per heavy atom. The van der Waals surface area contributed by atoms with Gasteiger partial charge in [-0.25, -0.2) is 9.97 Å². The topological polar surface area (TPSA) is 41.9 Å². The van der Waals surface area contributed by atoms with Crippen LogP contribution in [0.2, 0.25) is 5.15 Å². The van der Waals surface area contributed by atoms with Crippen molar-refractivity contribution in [3.05, 3.63) is 53.2 Å². The first kappa shape index (κ1) is 13.1. The number of hydrogen-bond acceptors (Lipinski definition) is 4. The zero-order valence-electron chi connectivity index (χ0n) is 11.3. The summed E-state index contributed by atoms with van der Waals surface area (Å²) < 4.78 is 0. The zero-order valence-corrected chi connectivity index (χ0v) is 12.0. The van der Waals surface area contributed by atoms with Gasteiger partial charge in [0, 0.05) is 37.1 Å². The fraction of sp³-hybridized carbons (Fsp3) is 0.267. The number of aromatic nitrogens is 3. The predicted molar refractivity (Wildman–Crippen MR) is 81.1 cm³/mol. The number of aryl methyl sites for hydroxylation is 1. The maximum Gasteiger partial charge on any atom is 0.150 e. The molecular formula is C15H15ClN4. The average Bonchev–Trinajstić information content (AvgIpc) is 2.39. The number of hydrogen-bond donors (Lipinski definition) is 0. The van der Waals surface area contributed by atoms with Gasteiger partial charge in [-0.05, 0) is 24.6 Å². The Balaban J connectivity index is 1.73. The summed E-state index contributed by atoms with van der Waals surface area (Å²) in [6.07, 6.45) is 5.12. The number of rotatable bonds is 3. The van der Waals surface area contributed by atoms with Crippen LogP contribution in [0.15, 0.2) is 31.1 Å². The van der Waals surface area contributed by atoms with Crippen LogP contribution in [0.4, 0.5) is 5.82 Å². The summed E-state index contributed by atoms with van der Waals surface area (Å²) >= 11 is 6.07. The molecule has 3 heterocycles. The van der Waals surface area contributed by atoms with E-state index in [0.717, 1.165) is 35.9 Å². The summed E-state index contributed by atoms with van der Waals surface area (Å²) in [6.45, 7) is 7.52. The van der Waals surface area contributed by atoms with Crippen molar-refractivity contribution in [3.8, 4) is 0 Å². The Morgan fingerprint density at radius 1 is 1.30 bits per heavy atom. The molecule has 102 valence electrons. The highest BCUT2D eigenvalue weighted by molar-refractivity contribution is 6.30. The maximum absolute atomic E-state index is 6.07. The molecule has 1 aliphatic rings. The lowest BCUT2D eigenvalue weighted by Crippen LogP contribution is -2.46. The van der Waals surface area contributed by atoms with Gasteiger partial charge in [0.1, 0.15) is 5.82 Å². The predicted octanol–water partition coefficient (Wildman–Crippen LogP) is 3.08. The lowest BCUT2D eigenvalue weighted by atomic mass is 9.96. The number of halogens is 1. The third-order valence-corrected chi connectivity index (χ3v) is 3.89. The molecule has 0 N–H and O–H groups in total. The molecule has 0 unspecified atom stereocenters. The van der Waals surface area contributed by atoms with Crippen LogP contribution < -0.4 is 4.90 Å². The number of anilines is 1. The molecule has 0 amide bonds. The van der Waals surface area contributed by atoms with Gasteiger partial charge in [0.05, 0.1) is 5.69 Å². The first-order chi connectivity index (χ1) is 9.69. The fourth-order valence-electron chi connectivity index (χ4n) is 2.39. The average molecular weight is 287 g/mol. The minimum atomic E-state index is 0.331. The highest BCUT2D eigenvalue weighted by atomic mass is 35.5. The maximum atomic E-state index is 6.07. The third kappa shape index (κ3) is 2.27. The molecule has 4 nitrogen and oxygen atoms in total. The summed E-state index contributed by atoms with van der Waals surface area (Å²) in [5, 5.41) is 0.503. The molecule has 0 aliphatic carbocycles. The Bertz CT molecular complexity index is 650. The first-order valence-corrected chi connectivity index (χ1v) is 6.88. The van der Waals surface area contributed by atoms with Crippen LogP contribution in [0.3, 0.4) is 0 Å². The largest absolute Gasteiger partial charge is 0.355 e. The van der Waals surface area contributed by atoms with E-state index in [1.807, 2.05) is 25.1 Å². The van der Waals surface area contributed by atoms with Crippen LogP contribution in [-0.2, 0) is 0 Å². The third-order valence-electron chi connectivity index (χ3n) is 3.60. The van der Waals surface area contributed by atoms with Crippen LogP contribution in [0.5, 0.6) is 0 Å². The molecule has 2 aromatic rings. The van der Waals surface area contributed by atoms with Crippen molar-refractivity contribution in [1.82, 2.24) is 15.0 Å². The summed E-state index contributed by atoms with van der Waals surface area (Å²) in [4.78, 5) is 15.2. The quantitative estimate of drug-likeness (QED) is 0.869. The summed E-state index contributed by atoms with van der Waals surface area (Å²) in [5.74, 6) is 1.32. The molecule has 1 saturated heterocycles. The van der Waals surface area contributed by atoms with Crippen molar-refractivity contribution in [1.29, 1.82) is 0 Å². The Kier molecular flexibility index (Phi) is 3.40. The van der Waals surface area contributed by atoms with E-state index in [-0.39, 0.29) is 0 Å². The van der Waals surface area contributed by atoms with Gasteiger partial charge in [-0.3, -0.25) is 4.98 Å². The molecule has 0 bridgehead atoms. The molecule has 0 radical (unpaired) electrons. The van der Waals surface area contributed by atoms with Crippen LogP contribution >= 0.6 is 11.6 Å². The second-order valence-electron chi connectivity index (χ2n) is 4.88. The van der Waals surface area contributed by atoms with Crippen LogP contribution in [0.25, 0.3) is 6.08 Å². The van der Waals surface area contributed by atoms with Gasteiger partial charge in [-0.1, -0.05) is 24.3 Å². The van der Waals surface area contributed by atoms with Crippen LogP contribution in [-0.4, -0.2) is 28.0 Å². The second-order valence-corrected chi connectivity index (χ2v) is 5.24. The minimum Gasteiger partial charge on any atom is -0.355 e. The molecule has 0 spiro atoms. The van der Waals surface area contributed by atoms with Crippen molar-refractivity contribution in [2.75, 3.05) is 18.0 Å². The first-order valence-electron chi connectivity index (χ1n) is 6.50. The number of nitrogens with zero attached hydrogens (tertiary/aromatic N) is 4. The molecule has 2 aromatic heterocycles. The summed E-state index contributed by atoms with van der Waals surface area (Å²) in [5.41, 5.74) is 2.95. The van der Waals surface area contributed by atoms with Crippen LogP contribution in [0, 0.1) is 6.92 Å². The molecule has 20 heavy (non-hydrogen) atoms. The van der Waals surface area contributed by atoms with Crippen molar-refractivity contribution < 1.29 is 0 Å². The van der Waals surface area contributed by atoms with E-state index >= 15 is 0 Å². The Labute approximate surface area is 123 Å². The van der Waals surface area contributed by atoms with Crippen molar-refractivity contribution >= 4 is 23.5 Å². The lowest BCUT2D eigenvalue weighted by molar-refractivity contribution is 0.507. The summed E-state index contributed by atoms with van der Waals surface area (Å²) in [7, 11) is 0. The van der Waals surface area contributed by atoms with Gasteiger partial charge < -0.3 is 4.90 Å². The highest BCUT2D eigenvalue weighted by Gasteiger charge is 2.31. The Hall–Kier alpha value is -1.94. The van der Waals surface area contributed by atoms with E-state index in [0.29, 0.717) is 11.1 Å². The van der Waals surface area contributed by atoms with Crippen LogP contribution in [0.1, 0.15) is 22.9 Å².